The first kappa shape index (κ1) is 13.2. The van der Waals surface area contributed by atoms with Gasteiger partial charge in [-0.05, 0) is 35.9 Å². The number of fused-ring (bicyclic) bond motifs is 1. The van der Waals surface area contributed by atoms with Crippen molar-refractivity contribution in [1.29, 1.82) is 0 Å². The molecule has 0 unspecified atom stereocenters. The van der Waals surface area contributed by atoms with Crippen LogP contribution < -0.4 is 5.32 Å². The SMILES string of the molecule is O=C(Cc1ccc(F)cc1)Nc1ccc2nccnc2c1. The van der Waals surface area contributed by atoms with Gasteiger partial charge in [0.25, 0.3) is 0 Å². The molecule has 3 rings (SSSR count). The fourth-order valence-corrected chi connectivity index (χ4v) is 2.03. The summed E-state index contributed by atoms with van der Waals surface area (Å²) in [5.74, 6) is -0.475. The number of anilines is 1. The van der Waals surface area contributed by atoms with E-state index in [1.165, 1.54) is 12.1 Å². The molecule has 1 amide bonds. The normalized spacial score (nSPS) is 10.5. The molecule has 0 atom stereocenters. The summed E-state index contributed by atoms with van der Waals surface area (Å²) in [6.07, 6.45) is 3.42. The summed E-state index contributed by atoms with van der Waals surface area (Å²) in [4.78, 5) is 20.3. The van der Waals surface area contributed by atoms with Crippen LogP contribution in [0.1, 0.15) is 5.56 Å². The van der Waals surface area contributed by atoms with Crippen LogP contribution in [0, 0.1) is 5.82 Å². The van der Waals surface area contributed by atoms with E-state index in [0.29, 0.717) is 5.69 Å². The number of halogens is 1. The van der Waals surface area contributed by atoms with E-state index in [2.05, 4.69) is 15.3 Å². The second-order valence-electron chi connectivity index (χ2n) is 4.61. The molecule has 0 aliphatic carbocycles. The van der Waals surface area contributed by atoms with Crippen molar-refractivity contribution in [3.8, 4) is 0 Å². The van der Waals surface area contributed by atoms with Crippen molar-refractivity contribution < 1.29 is 9.18 Å². The maximum atomic E-state index is 12.8. The number of benzene rings is 2. The highest BCUT2D eigenvalue weighted by atomic mass is 19.1. The zero-order valence-electron chi connectivity index (χ0n) is 11.1. The molecule has 1 heterocycles. The lowest BCUT2D eigenvalue weighted by atomic mass is 10.1. The summed E-state index contributed by atoms with van der Waals surface area (Å²) >= 11 is 0. The number of nitrogens with one attached hydrogen (secondary N) is 1. The van der Waals surface area contributed by atoms with Gasteiger partial charge in [-0.2, -0.15) is 0 Å². The predicted molar refractivity (Wildman–Crippen MR) is 78.3 cm³/mol. The van der Waals surface area contributed by atoms with Crippen LogP contribution in [0.4, 0.5) is 10.1 Å². The molecule has 0 aliphatic heterocycles. The molecule has 3 aromatic rings. The first-order chi connectivity index (χ1) is 10.2. The van der Waals surface area contributed by atoms with Gasteiger partial charge in [0.05, 0.1) is 17.5 Å². The van der Waals surface area contributed by atoms with Crippen LogP contribution in [0.25, 0.3) is 11.0 Å². The van der Waals surface area contributed by atoms with E-state index in [1.54, 1.807) is 42.7 Å². The fourth-order valence-electron chi connectivity index (χ4n) is 2.03. The average Bonchev–Trinajstić information content (AvgIpc) is 2.49. The highest BCUT2D eigenvalue weighted by molar-refractivity contribution is 5.94. The van der Waals surface area contributed by atoms with E-state index in [4.69, 9.17) is 0 Å². The van der Waals surface area contributed by atoms with Crippen molar-refractivity contribution >= 4 is 22.6 Å². The maximum absolute atomic E-state index is 12.8. The Morgan fingerprint density at radius 1 is 1.00 bits per heavy atom. The lowest BCUT2D eigenvalue weighted by molar-refractivity contribution is -0.115. The molecule has 0 radical (unpaired) electrons. The Hall–Kier alpha value is -2.82. The van der Waals surface area contributed by atoms with Gasteiger partial charge in [-0.1, -0.05) is 12.1 Å². The molecule has 0 saturated carbocycles. The third-order valence-electron chi connectivity index (χ3n) is 3.03. The highest BCUT2D eigenvalue weighted by Crippen LogP contribution is 2.15. The van der Waals surface area contributed by atoms with E-state index in [0.717, 1.165) is 16.6 Å². The van der Waals surface area contributed by atoms with E-state index in [-0.39, 0.29) is 18.1 Å². The molecule has 0 spiro atoms. The van der Waals surface area contributed by atoms with Gasteiger partial charge in [-0.25, -0.2) is 4.39 Å². The molecule has 0 fully saturated rings. The first-order valence-corrected chi connectivity index (χ1v) is 6.46. The van der Waals surface area contributed by atoms with Gasteiger partial charge in [-0.15, -0.1) is 0 Å². The van der Waals surface area contributed by atoms with Crippen molar-refractivity contribution in [2.24, 2.45) is 0 Å². The molecule has 2 aromatic carbocycles. The minimum absolute atomic E-state index is 0.162. The summed E-state index contributed by atoms with van der Waals surface area (Å²) < 4.78 is 12.8. The van der Waals surface area contributed by atoms with Gasteiger partial charge in [-0.3, -0.25) is 14.8 Å². The Bertz CT molecular complexity index is 787. The first-order valence-electron chi connectivity index (χ1n) is 6.46. The van der Waals surface area contributed by atoms with Gasteiger partial charge >= 0.3 is 0 Å². The van der Waals surface area contributed by atoms with Crippen LogP contribution in [-0.2, 0) is 11.2 Å². The zero-order chi connectivity index (χ0) is 14.7. The smallest absolute Gasteiger partial charge is 0.228 e. The summed E-state index contributed by atoms with van der Waals surface area (Å²) in [5, 5.41) is 2.80. The van der Waals surface area contributed by atoms with Crippen molar-refractivity contribution in [2.45, 2.75) is 6.42 Å². The number of nitrogens with zero attached hydrogens (tertiary/aromatic N) is 2. The number of hydrogen-bond acceptors (Lipinski definition) is 3. The van der Waals surface area contributed by atoms with Crippen LogP contribution in [0.3, 0.4) is 0 Å². The van der Waals surface area contributed by atoms with Crippen molar-refractivity contribution in [3.05, 3.63) is 66.2 Å². The van der Waals surface area contributed by atoms with Crippen LogP contribution >= 0.6 is 0 Å². The molecule has 1 aromatic heterocycles. The third kappa shape index (κ3) is 3.20. The Kier molecular flexibility index (Phi) is 3.55. The number of amides is 1. The van der Waals surface area contributed by atoms with Crippen LogP contribution in [0.5, 0.6) is 0 Å². The van der Waals surface area contributed by atoms with E-state index < -0.39 is 0 Å². The van der Waals surface area contributed by atoms with Crippen LogP contribution in [0.2, 0.25) is 0 Å². The lowest BCUT2D eigenvalue weighted by Crippen LogP contribution is -2.14. The minimum atomic E-state index is -0.313. The van der Waals surface area contributed by atoms with Crippen LogP contribution in [-0.4, -0.2) is 15.9 Å². The highest BCUT2D eigenvalue weighted by Gasteiger charge is 2.05. The molecule has 104 valence electrons. The number of hydrogen-bond donors (Lipinski definition) is 1. The topological polar surface area (TPSA) is 54.9 Å². The number of carbonyl (C=O) groups is 1. The minimum Gasteiger partial charge on any atom is -0.326 e. The second-order valence-corrected chi connectivity index (χ2v) is 4.61. The Morgan fingerprint density at radius 3 is 2.48 bits per heavy atom. The van der Waals surface area contributed by atoms with Gasteiger partial charge in [0.15, 0.2) is 0 Å². The number of aromatic nitrogens is 2. The summed E-state index contributed by atoms with van der Waals surface area (Å²) in [5.41, 5.74) is 2.91. The molecule has 0 bridgehead atoms. The Morgan fingerprint density at radius 2 is 1.71 bits per heavy atom. The van der Waals surface area contributed by atoms with Crippen molar-refractivity contribution in [3.63, 3.8) is 0 Å². The standard InChI is InChI=1S/C16H12FN3O/c17-12-3-1-11(2-4-12)9-16(21)20-13-5-6-14-15(10-13)19-8-7-18-14/h1-8,10H,9H2,(H,20,21). The van der Waals surface area contributed by atoms with Crippen LogP contribution in [0.15, 0.2) is 54.9 Å². The molecule has 5 heteroatoms. The van der Waals surface area contributed by atoms with Crippen molar-refractivity contribution in [1.82, 2.24) is 9.97 Å². The van der Waals surface area contributed by atoms with Crippen molar-refractivity contribution in [2.75, 3.05) is 5.32 Å². The second kappa shape index (κ2) is 5.66. The van der Waals surface area contributed by atoms with Gasteiger partial charge in [0.1, 0.15) is 5.82 Å². The molecule has 1 N–H and O–H groups in total. The lowest BCUT2D eigenvalue weighted by Gasteiger charge is -2.06. The van der Waals surface area contributed by atoms with Gasteiger partial charge < -0.3 is 5.32 Å². The monoisotopic (exact) mass is 281 g/mol. The molecular weight excluding hydrogens is 269 g/mol. The van der Waals surface area contributed by atoms with E-state index in [9.17, 15) is 9.18 Å². The Labute approximate surface area is 120 Å². The summed E-state index contributed by atoms with van der Waals surface area (Å²) in [7, 11) is 0. The molecule has 0 saturated heterocycles. The molecule has 4 nitrogen and oxygen atoms in total. The Balaban J connectivity index is 1.72. The van der Waals surface area contributed by atoms with E-state index in [1.807, 2.05) is 0 Å². The predicted octanol–water partition coefficient (Wildman–Crippen LogP) is 2.95. The molecule has 0 aliphatic rings. The van der Waals surface area contributed by atoms with Gasteiger partial charge in [0, 0.05) is 18.1 Å². The van der Waals surface area contributed by atoms with Gasteiger partial charge in [0.2, 0.25) is 5.91 Å². The molecule has 21 heavy (non-hydrogen) atoms. The van der Waals surface area contributed by atoms with E-state index >= 15 is 0 Å². The maximum Gasteiger partial charge on any atom is 0.228 e. The average molecular weight is 281 g/mol. The third-order valence-corrected chi connectivity index (χ3v) is 3.03. The largest absolute Gasteiger partial charge is 0.326 e. The number of rotatable bonds is 3. The zero-order valence-corrected chi connectivity index (χ0v) is 11.1. The molecular formula is C16H12FN3O. The number of carbonyl (C=O) groups excluding carboxylic acids is 1. The summed E-state index contributed by atoms with van der Waals surface area (Å²) in [6.45, 7) is 0. The summed E-state index contributed by atoms with van der Waals surface area (Å²) in [6, 6.07) is 11.2. The quantitative estimate of drug-likeness (QED) is 0.803. The fraction of sp³-hybridized carbons (Fsp3) is 0.0625.